The van der Waals surface area contributed by atoms with Crippen molar-refractivity contribution in [2.24, 2.45) is 0 Å². The van der Waals surface area contributed by atoms with Crippen LogP contribution >= 0.6 is 23.2 Å². The van der Waals surface area contributed by atoms with Crippen LogP contribution in [-0.4, -0.2) is 0 Å². The minimum atomic E-state index is 0.609. The molecule has 0 aliphatic heterocycles. The quantitative estimate of drug-likeness (QED) is 0.622. The second-order valence-electron chi connectivity index (χ2n) is 3.22. The number of hydrogen-bond acceptors (Lipinski definition) is 0. The summed E-state index contributed by atoms with van der Waals surface area (Å²) in [5.74, 6) is 0. The van der Waals surface area contributed by atoms with E-state index in [1.165, 1.54) is 12.8 Å². The van der Waals surface area contributed by atoms with Gasteiger partial charge in [0, 0.05) is 0 Å². The summed E-state index contributed by atoms with van der Waals surface area (Å²) in [7, 11) is 0. The normalized spacial score (nSPS) is 11.1. The standard InChI is InChI=1S/C12H14Cl2/c1-2-3-4-5-6-10-7-8-11(13)12(14)9-10/h5-9H,2-4H2,1H3. The lowest BCUT2D eigenvalue weighted by molar-refractivity contribution is 0.816. The SMILES string of the molecule is CCCCC=Cc1ccc(Cl)c(Cl)c1. The van der Waals surface area contributed by atoms with Gasteiger partial charge in [-0.2, -0.15) is 0 Å². The second kappa shape index (κ2) is 6.10. The van der Waals surface area contributed by atoms with Crippen LogP contribution in [0.3, 0.4) is 0 Å². The Balaban J connectivity index is 2.59. The Hall–Kier alpha value is -0.460. The van der Waals surface area contributed by atoms with Crippen molar-refractivity contribution >= 4 is 29.3 Å². The third-order valence-corrected chi connectivity index (χ3v) is 2.72. The molecule has 2 heteroatoms. The number of rotatable bonds is 4. The Morgan fingerprint density at radius 1 is 1.21 bits per heavy atom. The van der Waals surface area contributed by atoms with Crippen molar-refractivity contribution in [3.8, 4) is 0 Å². The van der Waals surface area contributed by atoms with E-state index in [-0.39, 0.29) is 0 Å². The maximum Gasteiger partial charge on any atom is 0.0598 e. The van der Waals surface area contributed by atoms with Crippen LogP contribution in [0.15, 0.2) is 24.3 Å². The topological polar surface area (TPSA) is 0 Å². The van der Waals surface area contributed by atoms with Crippen LogP contribution in [0.2, 0.25) is 10.0 Å². The Morgan fingerprint density at radius 3 is 2.64 bits per heavy atom. The lowest BCUT2D eigenvalue weighted by Crippen LogP contribution is -1.74. The van der Waals surface area contributed by atoms with E-state index >= 15 is 0 Å². The van der Waals surface area contributed by atoms with Crippen LogP contribution in [0.5, 0.6) is 0 Å². The van der Waals surface area contributed by atoms with Gasteiger partial charge in [0.2, 0.25) is 0 Å². The van der Waals surface area contributed by atoms with Gasteiger partial charge in [0.1, 0.15) is 0 Å². The molecule has 76 valence electrons. The molecule has 0 N–H and O–H groups in total. The molecule has 14 heavy (non-hydrogen) atoms. The maximum absolute atomic E-state index is 5.89. The van der Waals surface area contributed by atoms with E-state index in [1.807, 2.05) is 18.2 Å². The highest BCUT2D eigenvalue weighted by Crippen LogP contribution is 2.23. The average molecular weight is 229 g/mol. The van der Waals surface area contributed by atoms with Gasteiger partial charge >= 0.3 is 0 Å². The molecule has 1 aromatic rings. The Morgan fingerprint density at radius 2 is 2.00 bits per heavy atom. The third-order valence-electron chi connectivity index (χ3n) is 1.98. The summed E-state index contributed by atoms with van der Waals surface area (Å²) in [5.41, 5.74) is 1.11. The van der Waals surface area contributed by atoms with Crippen molar-refractivity contribution in [2.45, 2.75) is 26.2 Å². The third kappa shape index (κ3) is 3.73. The molecule has 0 amide bonds. The predicted octanol–water partition coefficient (Wildman–Crippen LogP) is 5.20. The highest BCUT2D eigenvalue weighted by molar-refractivity contribution is 6.42. The fraction of sp³-hybridized carbons (Fsp3) is 0.333. The van der Waals surface area contributed by atoms with Gasteiger partial charge in [0.05, 0.1) is 10.0 Å². The van der Waals surface area contributed by atoms with Gasteiger partial charge in [-0.1, -0.05) is 61.2 Å². The van der Waals surface area contributed by atoms with Crippen LogP contribution in [0, 0.1) is 0 Å². The Kier molecular flexibility index (Phi) is 5.06. The van der Waals surface area contributed by atoms with E-state index < -0.39 is 0 Å². The summed E-state index contributed by atoms with van der Waals surface area (Å²) in [6.07, 6.45) is 7.83. The van der Waals surface area contributed by atoms with Gasteiger partial charge < -0.3 is 0 Å². The second-order valence-corrected chi connectivity index (χ2v) is 4.03. The highest BCUT2D eigenvalue weighted by Gasteiger charge is 1.95. The molecule has 0 aliphatic carbocycles. The minimum absolute atomic E-state index is 0.609. The molecular formula is C12H14Cl2. The molecule has 1 aromatic carbocycles. The van der Waals surface area contributed by atoms with Crippen molar-refractivity contribution in [3.05, 3.63) is 39.9 Å². The summed E-state index contributed by atoms with van der Waals surface area (Å²) < 4.78 is 0. The van der Waals surface area contributed by atoms with Crippen LogP contribution < -0.4 is 0 Å². The van der Waals surface area contributed by atoms with Crippen molar-refractivity contribution in [2.75, 3.05) is 0 Å². The molecule has 0 saturated carbocycles. The summed E-state index contributed by atoms with van der Waals surface area (Å²) >= 11 is 11.7. The summed E-state index contributed by atoms with van der Waals surface area (Å²) in [4.78, 5) is 0. The summed E-state index contributed by atoms with van der Waals surface area (Å²) in [6.45, 7) is 2.19. The monoisotopic (exact) mass is 228 g/mol. The molecule has 0 aliphatic rings. The zero-order chi connectivity index (χ0) is 10.4. The molecule has 0 aromatic heterocycles. The molecule has 0 fully saturated rings. The van der Waals surface area contributed by atoms with E-state index in [9.17, 15) is 0 Å². The van der Waals surface area contributed by atoms with E-state index in [1.54, 1.807) is 0 Å². The zero-order valence-electron chi connectivity index (χ0n) is 8.26. The maximum atomic E-state index is 5.89. The predicted molar refractivity (Wildman–Crippen MR) is 65.0 cm³/mol. The van der Waals surface area contributed by atoms with Crippen LogP contribution in [0.25, 0.3) is 6.08 Å². The van der Waals surface area contributed by atoms with E-state index in [0.29, 0.717) is 10.0 Å². The first kappa shape index (κ1) is 11.6. The van der Waals surface area contributed by atoms with Crippen molar-refractivity contribution < 1.29 is 0 Å². The zero-order valence-corrected chi connectivity index (χ0v) is 9.78. The molecule has 1 rings (SSSR count). The number of allylic oxidation sites excluding steroid dienone is 1. The Labute approximate surface area is 95.5 Å². The molecule has 0 spiro atoms. The average Bonchev–Trinajstić information content (AvgIpc) is 2.18. The van der Waals surface area contributed by atoms with Gasteiger partial charge in [0.25, 0.3) is 0 Å². The first-order valence-electron chi connectivity index (χ1n) is 4.85. The molecule has 0 atom stereocenters. The molecule has 0 radical (unpaired) electrons. The van der Waals surface area contributed by atoms with Crippen molar-refractivity contribution in [1.82, 2.24) is 0 Å². The van der Waals surface area contributed by atoms with Crippen LogP contribution in [-0.2, 0) is 0 Å². The van der Waals surface area contributed by atoms with E-state index in [2.05, 4.69) is 19.1 Å². The van der Waals surface area contributed by atoms with Crippen molar-refractivity contribution in [3.63, 3.8) is 0 Å². The van der Waals surface area contributed by atoms with Crippen LogP contribution in [0.1, 0.15) is 31.7 Å². The molecule has 0 bridgehead atoms. The number of benzene rings is 1. The molecule has 0 saturated heterocycles. The van der Waals surface area contributed by atoms with E-state index in [4.69, 9.17) is 23.2 Å². The summed E-state index contributed by atoms with van der Waals surface area (Å²) in [6, 6.07) is 5.67. The van der Waals surface area contributed by atoms with Gasteiger partial charge in [-0.25, -0.2) is 0 Å². The largest absolute Gasteiger partial charge is 0.0839 e. The van der Waals surface area contributed by atoms with Crippen LogP contribution in [0.4, 0.5) is 0 Å². The highest BCUT2D eigenvalue weighted by atomic mass is 35.5. The number of unbranched alkanes of at least 4 members (excludes halogenated alkanes) is 2. The number of halogens is 2. The van der Waals surface area contributed by atoms with E-state index in [0.717, 1.165) is 12.0 Å². The molecule has 0 nitrogen and oxygen atoms in total. The fourth-order valence-corrected chi connectivity index (χ4v) is 1.46. The summed E-state index contributed by atoms with van der Waals surface area (Å²) in [5, 5.41) is 1.22. The minimum Gasteiger partial charge on any atom is -0.0839 e. The fourth-order valence-electron chi connectivity index (χ4n) is 1.16. The number of hydrogen-bond donors (Lipinski definition) is 0. The van der Waals surface area contributed by atoms with Crippen molar-refractivity contribution in [1.29, 1.82) is 0 Å². The smallest absolute Gasteiger partial charge is 0.0598 e. The van der Waals surface area contributed by atoms with Gasteiger partial charge in [-0.05, 0) is 24.1 Å². The Bertz CT molecular complexity index is 316. The first-order valence-corrected chi connectivity index (χ1v) is 5.61. The van der Waals surface area contributed by atoms with Gasteiger partial charge in [-0.3, -0.25) is 0 Å². The molecular weight excluding hydrogens is 215 g/mol. The molecule has 0 heterocycles. The van der Waals surface area contributed by atoms with Gasteiger partial charge in [0.15, 0.2) is 0 Å². The lowest BCUT2D eigenvalue weighted by atomic mass is 10.2. The molecule has 0 unspecified atom stereocenters. The first-order chi connectivity index (χ1) is 6.74. The lowest BCUT2D eigenvalue weighted by Gasteiger charge is -1.97. The van der Waals surface area contributed by atoms with Gasteiger partial charge in [-0.15, -0.1) is 0 Å².